The van der Waals surface area contributed by atoms with Crippen molar-refractivity contribution in [2.75, 3.05) is 11.9 Å². The summed E-state index contributed by atoms with van der Waals surface area (Å²) in [6.07, 6.45) is 1.94. The largest absolute Gasteiger partial charge is 0.493 e. The van der Waals surface area contributed by atoms with E-state index in [4.69, 9.17) is 11.6 Å². The van der Waals surface area contributed by atoms with Crippen LogP contribution in [0.2, 0.25) is 5.02 Å². The van der Waals surface area contributed by atoms with Crippen molar-refractivity contribution in [1.29, 1.82) is 0 Å². The average Bonchev–Trinajstić information content (AvgIpc) is 3.04. The Morgan fingerprint density at radius 1 is 1.23 bits per heavy atom. The van der Waals surface area contributed by atoms with Crippen LogP contribution in [-0.4, -0.2) is 48.3 Å². The minimum atomic E-state index is -0.569. The number of H-pyrrole nitrogens is 2. The first-order valence-corrected chi connectivity index (χ1v) is 9.46. The molecule has 0 aliphatic carbocycles. The molecule has 2 amide bonds. The van der Waals surface area contributed by atoms with E-state index in [9.17, 15) is 19.5 Å². The van der Waals surface area contributed by atoms with Gasteiger partial charge >= 0.3 is 5.69 Å². The second kappa shape index (κ2) is 7.99. The average molecular weight is 429 g/mol. The number of aromatic hydroxyl groups is 1. The van der Waals surface area contributed by atoms with Crippen LogP contribution in [0.25, 0.3) is 0 Å². The SMILES string of the molecule is O=C(Nc1ncc2c(n1)CCN(C(=O)Cc1[nH]c(=O)[nH]c1O)C2)c1ccc(Cl)cc1. The van der Waals surface area contributed by atoms with Gasteiger partial charge in [0.15, 0.2) is 0 Å². The summed E-state index contributed by atoms with van der Waals surface area (Å²) in [5, 5.41) is 12.8. The molecule has 0 saturated carbocycles. The number of imidazole rings is 1. The third-order valence-corrected chi connectivity index (χ3v) is 4.98. The molecule has 4 N–H and O–H groups in total. The van der Waals surface area contributed by atoms with Crippen molar-refractivity contribution < 1.29 is 14.7 Å². The van der Waals surface area contributed by atoms with Gasteiger partial charge in [-0.2, -0.15) is 0 Å². The molecule has 3 aromatic rings. The Morgan fingerprint density at radius 2 is 2.00 bits per heavy atom. The van der Waals surface area contributed by atoms with Gasteiger partial charge in [0.1, 0.15) is 0 Å². The van der Waals surface area contributed by atoms with Crippen LogP contribution in [0.4, 0.5) is 5.95 Å². The molecule has 0 radical (unpaired) electrons. The highest BCUT2D eigenvalue weighted by Gasteiger charge is 2.24. The molecule has 0 unspecified atom stereocenters. The van der Waals surface area contributed by atoms with Gasteiger partial charge in [0.25, 0.3) is 5.91 Å². The van der Waals surface area contributed by atoms with E-state index >= 15 is 0 Å². The first-order valence-electron chi connectivity index (χ1n) is 9.08. The van der Waals surface area contributed by atoms with Gasteiger partial charge in [-0.3, -0.25) is 19.9 Å². The zero-order chi connectivity index (χ0) is 21.3. The van der Waals surface area contributed by atoms with Crippen molar-refractivity contribution in [2.45, 2.75) is 19.4 Å². The number of nitrogens with one attached hydrogen (secondary N) is 3. The number of nitrogens with zero attached hydrogens (tertiary/aromatic N) is 3. The Morgan fingerprint density at radius 3 is 2.70 bits per heavy atom. The quantitative estimate of drug-likeness (QED) is 0.492. The normalized spacial score (nSPS) is 13.0. The predicted molar refractivity (Wildman–Crippen MR) is 107 cm³/mol. The van der Waals surface area contributed by atoms with Gasteiger partial charge < -0.3 is 15.0 Å². The number of fused-ring (bicyclic) bond motifs is 1. The smallest absolute Gasteiger partial charge is 0.325 e. The van der Waals surface area contributed by atoms with Crippen LogP contribution in [0.5, 0.6) is 5.88 Å². The topological polar surface area (TPSA) is 144 Å². The summed E-state index contributed by atoms with van der Waals surface area (Å²) in [5.41, 5.74) is 1.53. The highest BCUT2D eigenvalue weighted by molar-refractivity contribution is 6.30. The zero-order valence-electron chi connectivity index (χ0n) is 15.6. The molecule has 11 heteroatoms. The molecule has 2 aromatic heterocycles. The van der Waals surface area contributed by atoms with E-state index in [1.54, 1.807) is 35.4 Å². The minimum Gasteiger partial charge on any atom is -0.493 e. The fourth-order valence-electron chi connectivity index (χ4n) is 3.17. The molecule has 4 rings (SSSR count). The van der Waals surface area contributed by atoms with Crippen molar-refractivity contribution in [2.24, 2.45) is 0 Å². The lowest BCUT2D eigenvalue weighted by atomic mass is 10.1. The summed E-state index contributed by atoms with van der Waals surface area (Å²) in [5.74, 6) is -0.746. The fraction of sp³-hybridized carbons (Fsp3) is 0.211. The Labute approximate surface area is 174 Å². The summed E-state index contributed by atoms with van der Waals surface area (Å²) in [7, 11) is 0. The number of anilines is 1. The lowest BCUT2D eigenvalue weighted by Gasteiger charge is -2.28. The van der Waals surface area contributed by atoms with Crippen LogP contribution < -0.4 is 11.0 Å². The number of aromatic amines is 2. The maximum absolute atomic E-state index is 12.5. The predicted octanol–water partition coefficient (Wildman–Crippen LogP) is 1.23. The molecule has 0 bridgehead atoms. The molecule has 1 aliphatic rings. The number of carbonyl (C=O) groups excluding carboxylic acids is 2. The second-order valence-electron chi connectivity index (χ2n) is 6.77. The third-order valence-electron chi connectivity index (χ3n) is 4.73. The number of aromatic nitrogens is 4. The van der Waals surface area contributed by atoms with Crippen molar-refractivity contribution in [1.82, 2.24) is 24.8 Å². The van der Waals surface area contributed by atoms with E-state index in [2.05, 4.69) is 25.3 Å². The van der Waals surface area contributed by atoms with Crippen LogP contribution in [0.1, 0.15) is 27.3 Å². The van der Waals surface area contributed by atoms with Gasteiger partial charge in [-0.1, -0.05) is 11.6 Å². The summed E-state index contributed by atoms with van der Waals surface area (Å²) < 4.78 is 0. The lowest BCUT2D eigenvalue weighted by molar-refractivity contribution is -0.131. The summed E-state index contributed by atoms with van der Waals surface area (Å²) in [6, 6.07) is 6.46. The first kappa shape index (κ1) is 19.6. The van der Waals surface area contributed by atoms with Gasteiger partial charge in [0.2, 0.25) is 17.7 Å². The van der Waals surface area contributed by atoms with Crippen LogP contribution >= 0.6 is 11.6 Å². The molecule has 1 aliphatic heterocycles. The number of amides is 2. The molecular formula is C19H17ClN6O4. The zero-order valence-corrected chi connectivity index (χ0v) is 16.4. The van der Waals surface area contributed by atoms with Gasteiger partial charge in [0, 0.05) is 41.9 Å². The fourth-order valence-corrected chi connectivity index (χ4v) is 3.29. The van der Waals surface area contributed by atoms with E-state index in [1.165, 1.54) is 0 Å². The van der Waals surface area contributed by atoms with E-state index < -0.39 is 5.69 Å². The van der Waals surface area contributed by atoms with Crippen LogP contribution in [0.3, 0.4) is 0 Å². The summed E-state index contributed by atoms with van der Waals surface area (Å²) in [4.78, 5) is 50.7. The molecular weight excluding hydrogens is 412 g/mol. The summed E-state index contributed by atoms with van der Waals surface area (Å²) >= 11 is 5.83. The Kier molecular flexibility index (Phi) is 5.23. The minimum absolute atomic E-state index is 0.129. The van der Waals surface area contributed by atoms with Gasteiger partial charge in [0.05, 0.1) is 17.8 Å². The van der Waals surface area contributed by atoms with Crippen molar-refractivity contribution in [3.05, 3.63) is 68.5 Å². The molecule has 10 nitrogen and oxygen atoms in total. The molecule has 0 fully saturated rings. The van der Waals surface area contributed by atoms with E-state index in [1.807, 2.05) is 0 Å². The van der Waals surface area contributed by atoms with Crippen molar-refractivity contribution >= 4 is 29.4 Å². The van der Waals surface area contributed by atoms with Crippen molar-refractivity contribution in [3.8, 4) is 5.88 Å². The maximum Gasteiger partial charge on any atom is 0.325 e. The molecule has 1 aromatic carbocycles. The number of hydrogen-bond acceptors (Lipinski definition) is 6. The molecule has 30 heavy (non-hydrogen) atoms. The van der Waals surface area contributed by atoms with Crippen LogP contribution in [0.15, 0.2) is 35.3 Å². The Hall–Kier alpha value is -3.66. The number of halogens is 1. The standard InChI is InChI=1S/C19H17ClN6O4/c20-12-3-1-10(2-4-12)16(28)24-18-21-8-11-9-26(6-5-13(11)22-18)15(27)7-14-17(29)25-19(30)23-14/h1-4,8,29H,5-7,9H2,(H2,23,25,30)(H,21,22,24,28). The maximum atomic E-state index is 12.5. The number of hydrogen-bond donors (Lipinski definition) is 4. The molecule has 0 saturated heterocycles. The van der Waals surface area contributed by atoms with E-state index in [-0.39, 0.29) is 35.8 Å². The van der Waals surface area contributed by atoms with Gasteiger partial charge in [-0.25, -0.2) is 14.8 Å². The number of rotatable bonds is 4. The first-order chi connectivity index (χ1) is 14.4. The number of carbonyl (C=O) groups is 2. The lowest BCUT2D eigenvalue weighted by Crippen LogP contribution is -2.37. The Bertz CT molecular complexity index is 1170. The number of benzene rings is 1. The van der Waals surface area contributed by atoms with Crippen LogP contribution in [0, 0.1) is 0 Å². The highest BCUT2D eigenvalue weighted by atomic mass is 35.5. The van der Waals surface area contributed by atoms with Crippen molar-refractivity contribution in [3.63, 3.8) is 0 Å². The van der Waals surface area contributed by atoms with E-state index in [0.29, 0.717) is 30.1 Å². The van der Waals surface area contributed by atoms with Gasteiger partial charge in [-0.05, 0) is 24.3 Å². The van der Waals surface area contributed by atoms with E-state index in [0.717, 1.165) is 11.3 Å². The van der Waals surface area contributed by atoms with Crippen LogP contribution in [-0.2, 0) is 24.2 Å². The molecule has 0 spiro atoms. The highest BCUT2D eigenvalue weighted by Crippen LogP contribution is 2.20. The Balaban J connectivity index is 1.42. The summed E-state index contributed by atoms with van der Waals surface area (Å²) in [6.45, 7) is 0.720. The second-order valence-corrected chi connectivity index (χ2v) is 7.21. The third kappa shape index (κ3) is 4.18. The van der Waals surface area contributed by atoms with Gasteiger partial charge in [-0.15, -0.1) is 0 Å². The molecule has 3 heterocycles. The molecule has 0 atom stereocenters. The monoisotopic (exact) mass is 428 g/mol. The molecule has 154 valence electrons.